The van der Waals surface area contributed by atoms with Gasteiger partial charge in [-0.2, -0.15) is 5.10 Å². The van der Waals surface area contributed by atoms with Crippen LogP contribution in [0.15, 0.2) is 48.9 Å². The first-order chi connectivity index (χ1) is 18.0. The summed E-state index contributed by atoms with van der Waals surface area (Å²) in [6.07, 6.45) is 4.72. The van der Waals surface area contributed by atoms with Gasteiger partial charge in [-0.15, -0.1) is 0 Å². The fourth-order valence-corrected chi connectivity index (χ4v) is 4.87. The summed E-state index contributed by atoms with van der Waals surface area (Å²) in [5.74, 6) is -0.486. The van der Waals surface area contributed by atoms with Gasteiger partial charge in [0, 0.05) is 43.2 Å². The van der Waals surface area contributed by atoms with E-state index in [9.17, 15) is 14.0 Å². The van der Waals surface area contributed by atoms with E-state index < -0.39 is 5.54 Å². The summed E-state index contributed by atoms with van der Waals surface area (Å²) in [5.41, 5.74) is 3.20. The van der Waals surface area contributed by atoms with Crippen LogP contribution < -0.4 is 0 Å². The van der Waals surface area contributed by atoms with Crippen molar-refractivity contribution in [2.45, 2.75) is 46.1 Å². The average molecular weight is 516 g/mol. The molecule has 196 valence electrons. The van der Waals surface area contributed by atoms with Crippen LogP contribution in [0.25, 0.3) is 16.9 Å². The van der Waals surface area contributed by atoms with Gasteiger partial charge in [-0.25, -0.2) is 23.9 Å². The van der Waals surface area contributed by atoms with Crippen LogP contribution in [0.2, 0.25) is 0 Å². The smallest absolute Gasteiger partial charge is 0.291 e. The zero-order valence-electron chi connectivity index (χ0n) is 22.1. The van der Waals surface area contributed by atoms with E-state index in [2.05, 4.69) is 23.8 Å². The molecule has 2 amide bonds. The van der Waals surface area contributed by atoms with Gasteiger partial charge in [-0.1, -0.05) is 13.8 Å². The molecule has 0 aliphatic carbocycles. The van der Waals surface area contributed by atoms with Crippen molar-refractivity contribution in [3.63, 3.8) is 0 Å². The number of nitrogens with zero attached hydrogens (tertiary/aromatic N) is 7. The molecular formula is C28H30FN7O2. The molecule has 5 rings (SSSR count). The van der Waals surface area contributed by atoms with Crippen molar-refractivity contribution in [1.82, 2.24) is 34.4 Å². The summed E-state index contributed by atoms with van der Waals surface area (Å²) in [7, 11) is 0. The second-order valence-corrected chi connectivity index (χ2v) is 10.6. The van der Waals surface area contributed by atoms with Gasteiger partial charge in [0.25, 0.3) is 11.8 Å². The van der Waals surface area contributed by atoms with Gasteiger partial charge in [0.15, 0.2) is 5.65 Å². The van der Waals surface area contributed by atoms with Crippen LogP contribution in [-0.2, 0) is 0 Å². The second kappa shape index (κ2) is 9.59. The number of carbonyl (C=O) groups excluding carboxylic acids is 2. The Kier molecular flexibility index (Phi) is 6.42. The molecule has 1 saturated heterocycles. The van der Waals surface area contributed by atoms with E-state index in [-0.39, 0.29) is 35.1 Å². The summed E-state index contributed by atoms with van der Waals surface area (Å²) in [6, 6.07) is 8.52. The Labute approximate surface area is 220 Å². The molecule has 0 unspecified atom stereocenters. The van der Waals surface area contributed by atoms with Crippen LogP contribution in [-0.4, -0.2) is 71.4 Å². The number of amides is 2. The Morgan fingerprint density at radius 1 is 1.05 bits per heavy atom. The van der Waals surface area contributed by atoms with E-state index >= 15 is 0 Å². The largest absolute Gasteiger partial charge is 0.332 e. The zero-order chi connectivity index (χ0) is 27.2. The third-order valence-electron chi connectivity index (χ3n) is 6.94. The van der Waals surface area contributed by atoms with Gasteiger partial charge in [0.1, 0.15) is 11.5 Å². The van der Waals surface area contributed by atoms with Crippen LogP contribution in [0.5, 0.6) is 0 Å². The van der Waals surface area contributed by atoms with Crippen LogP contribution in [0.1, 0.15) is 65.8 Å². The normalized spacial score (nSPS) is 15.3. The number of hydrogen-bond donors (Lipinski definition) is 0. The second-order valence-electron chi connectivity index (χ2n) is 10.6. The molecule has 0 spiro atoms. The fraction of sp³-hybridized carbons (Fsp3) is 0.357. The molecule has 9 nitrogen and oxygen atoms in total. The van der Waals surface area contributed by atoms with Gasteiger partial charge in [-0.05, 0) is 62.6 Å². The Hall–Kier alpha value is -4.21. The van der Waals surface area contributed by atoms with Crippen LogP contribution in [0, 0.1) is 12.7 Å². The summed E-state index contributed by atoms with van der Waals surface area (Å²) in [5, 5.41) is 4.71. The molecule has 4 heterocycles. The molecule has 1 fully saturated rings. The average Bonchev–Trinajstić information content (AvgIpc) is 3.33. The SMILES string of the molecule is Cc1cc(-c2cc(C(C)C)c3nc(C(=O)N4CCN(C(=O)c5ncccn5)CC4(C)C)cn3n2)ccc1F. The molecule has 0 atom stereocenters. The summed E-state index contributed by atoms with van der Waals surface area (Å²) < 4.78 is 15.5. The lowest BCUT2D eigenvalue weighted by atomic mass is 9.98. The monoisotopic (exact) mass is 515 g/mol. The number of imidazole rings is 1. The molecule has 0 N–H and O–H groups in total. The molecule has 1 aliphatic heterocycles. The predicted molar refractivity (Wildman–Crippen MR) is 140 cm³/mol. The summed E-state index contributed by atoms with van der Waals surface area (Å²) in [6.45, 7) is 10.7. The lowest BCUT2D eigenvalue weighted by molar-refractivity contribution is 0.0160. The number of aryl methyl sites for hydroxylation is 1. The molecule has 10 heteroatoms. The number of carbonyl (C=O) groups is 2. The van der Waals surface area contributed by atoms with E-state index in [4.69, 9.17) is 10.1 Å². The number of hydrogen-bond acceptors (Lipinski definition) is 6. The highest BCUT2D eigenvalue weighted by Gasteiger charge is 2.40. The summed E-state index contributed by atoms with van der Waals surface area (Å²) in [4.78, 5) is 42.9. The van der Waals surface area contributed by atoms with Crippen LogP contribution in [0.3, 0.4) is 0 Å². The van der Waals surface area contributed by atoms with Crippen LogP contribution in [0.4, 0.5) is 4.39 Å². The van der Waals surface area contributed by atoms with Crippen molar-refractivity contribution in [1.29, 1.82) is 0 Å². The van der Waals surface area contributed by atoms with Crippen molar-refractivity contribution >= 4 is 17.5 Å². The van der Waals surface area contributed by atoms with Crippen molar-refractivity contribution in [2.24, 2.45) is 0 Å². The van der Waals surface area contributed by atoms with Gasteiger partial charge >= 0.3 is 0 Å². The van der Waals surface area contributed by atoms with Gasteiger partial charge < -0.3 is 9.80 Å². The fourth-order valence-electron chi connectivity index (χ4n) is 4.87. The number of halogens is 1. The predicted octanol–water partition coefficient (Wildman–Crippen LogP) is 4.13. The van der Waals surface area contributed by atoms with E-state index in [1.54, 1.807) is 45.6 Å². The topological polar surface area (TPSA) is 96.6 Å². The molecule has 38 heavy (non-hydrogen) atoms. The molecule has 1 aromatic carbocycles. The van der Waals surface area contributed by atoms with Crippen molar-refractivity contribution in [2.75, 3.05) is 19.6 Å². The van der Waals surface area contributed by atoms with Crippen molar-refractivity contribution in [3.8, 4) is 11.3 Å². The number of rotatable bonds is 4. The minimum Gasteiger partial charge on any atom is -0.332 e. The first-order valence-electron chi connectivity index (χ1n) is 12.6. The quantitative estimate of drug-likeness (QED) is 0.405. The lowest BCUT2D eigenvalue weighted by Gasteiger charge is -2.46. The summed E-state index contributed by atoms with van der Waals surface area (Å²) >= 11 is 0. The maximum atomic E-state index is 13.9. The van der Waals surface area contributed by atoms with Crippen molar-refractivity contribution in [3.05, 3.63) is 77.4 Å². The molecule has 1 aliphatic rings. The Morgan fingerprint density at radius 2 is 1.79 bits per heavy atom. The first-order valence-corrected chi connectivity index (χ1v) is 12.6. The first kappa shape index (κ1) is 25.4. The lowest BCUT2D eigenvalue weighted by Crippen LogP contribution is -2.62. The molecule has 3 aromatic heterocycles. The standard InChI is InChI=1S/C28H30FN7O2/c1-17(2)20-14-22(19-7-8-21(29)18(3)13-19)33-36-15-23(32-25(20)36)26(37)35-12-11-34(16-28(35,4)5)27(38)24-30-9-6-10-31-24/h6-10,13-15,17H,11-12,16H2,1-5H3. The molecular weight excluding hydrogens is 485 g/mol. The number of benzene rings is 1. The van der Waals surface area contributed by atoms with Gasteiger partial charge in [0.05, 0.1) is 17.4 Å². The highest BCUT2D eigenvalue weighted by Crippen LogP contribution is 2.28. The third-order valence-corrected chi connectivity index (χ3v) is 6.94. The highest BCUT2D eigenvalue weighted by molar-refractivity contribution is 5.94. The zero-order valence-corrected chi connectivity index (χ0v) is 22.1. The van der Waals surface area contributed by atoms with E-state index in [0.717, 1.165) is 11.1 Å². The molecule has 0 bridgehead atoms. The molecule has 0 radical (unpaired) electrons. The van der Waals surface area contributed by atoms with E-state index in [1.165, 1.54) is 18.5 Å². The minimum absolute atomic E-state index is 0.123. The Balaban J connectivity index is 1.45. The number of aromatic nitrogens is 5. The maximum absolute atomic E-state index is 13.9. The molecule has 4 aromatic rings. The number of piperazine rings is 1. The number of fused-ring (bicyclic) bond motifs is 1. The molecule has 0 saturated carbocycles. The minimum atomic E-state index is -0.638. The van der Waals surface area contributed by atoms with Gasteiger partial charge in [0.2, 0.25) is 5.82 Å². The van der Waals surface area contributed by atoms with Crippen molar-refractivity contribution < 1.29 is 14.0 Å². The Morgan fingerprint density at radius 3 is 2.45 bits per heavy atom. The Bertz CT molecular complexity index is 1530. The maximum Gasteiger partial charge on any atom is 0.291 e. The van der Waals surface area contributed by atoms with Gasteiger partial charge in [-0.3, -0.25) is 9.59 Å². The van der Waals surface area contributed by atoms with E-state index in [1.807, 2.05) is 19.9 Å². The third kappa shape index (κ3) is 4.62. The van der Waals surface area contributed by atoms with E-state index in [0.29, 0.717) is 36.5 Å². The van der Waals surface area contributed by atoms with Crippen LogP contribution >= 0.6 is 0 Å². The highest BCUT2D eigenvalue weighted by atomic mass is 19.1.